The van der Waals surface area contributed by atoms with Crippen LogP contribution in [0.15, 0.2) is 52.3 Å². The Hall–Kier alpha value is -2.78. The Kier molecular flexibility index (Phi) is 4.16. The predicted molar refractivity (Wildman–Crippen MR) is 98.2 cm³/mol. The van der Waals surface area contributed by atoms with Crippen molar-refractivity contribution in [2.24, 2.45) is 0 Å². The fourth-order valence-corrected chi connectivity index (χ4v) is 3.87. The van der Waals surface area contributed by atoms with Crippen LogP contribution in [0.25, 0.3) is 10.2 Å². The van der Waals surface area contributed by atoms with Crippen LogP contribution in [0.1, 0.15) is 4.88 Å². The molecule has 0 radical (unpaired) electrons. The molecule has 0 fully saturated rings. The Balaban J connectivity index is 1.50. The highest BCUT2D eigenvalue weighted by molar-refractivity contribution is 7.16. The van der Waals surface area contributed by atoms with Gasteiger partial charge in [-0.3, -0.25) is 14.2 Å². The average molecular weight is 371 g/mol. The summed E-state index contributed by atoms with van der Waals surface area (Å²) in [7, 11) is 0. The molecule has 7 nitrogen and oxygen atoms in total. The fraction of sp³-hybridized carbons (Fsp3) is 0.125. The Bertz CT molecular complexity index is 1080. The summed E-state index contributed by atoms with van der Waals surface area (Å²) in [5.41, 5.74) is -0.214. The maximum absolute atomic E-state index is 12.3. The highest BCUT2D eigenvalue weighted by Crippen LogP contribution is 2.15. The van der Waals surface area contributed by atoms with Crippen molar-refractivity contribution in [2.75, 3.05) is 5.32 Å². The van der Waals surface area contributed by atoms with Crippen LogP contribution >= 0.6 is 22.7 Å². The number of carbonyl (C=O) groups is 1. The summed E-state index contributed by atoms with van der Waals surface area (Å²) in [6.45, 7) is 0.491. The van der Waals surface area contributed by atoms with Crippen molar-refractivity contribution in [1.29, 1.82) is 0 Å². The summed E-state index contributed by atoms with van der Waals surface area (Å²) in [5.74, 6) is 0.294. The smallest absolute Gasteiger partial charge is 0.262 e. The molecule has 1 amide bonds. The van der Waals surface area contributed by atoms with Gasteiger partial charge in [0.2, 0.25) is 5.91 Å². The van der Waals surface area contributed by atoms with Gasteiger partial charge in [0, 0.05) is 10.9 Å². The normalized spacial score (nSPS) is 11.0. The number of aromatic nitrogens is 4. The van der Waals surface area contributed by atoms with E-state index in [4.69, 9.17) is 0 Å². The Morgan fingerprint density at radius 3 is 2.96 bits per heavy atom. The Morgan fingerprint density at radius 2 is 2.12 bits per heavy atom. The van der Waals surface area contributed by atoms with E-state index in [2.05, 4.69) is 15.4 Å². The number of anilines is 1. The van der Waals surface area contributed by atoms with Crippen molar-refractivity contribution in [1.82, 2.24) is 19.3 Å². The van der Waals surface area contributed by atoms with Gasteiger partial charge in [-0.05, 0) is 22.9 Å². The molecule has 0 saturated carbocycles. The molecule has 0 aromatic carbocycles. The summed E-state index contributed by atoms with van der Waals surface area (Å²) >= 11 is 3.03. The maximum atomic E-state index is 12.3. The minimum atomic E-state index is -0.300. The molecule has 4 heterocycles. The van der Waals surface area contributed by atoms with E-state index in [1.165, 1.54) is 22.2 Å². The third-order valence-electron chi connectivity index (χ3n) is 3.63. The summed E-state index contributed by atoms with van der Waals surface area (Å²) in [5, 5.41) is 11.4. The van der Waals surface area contributed by atoms with Crippen LogP contribution in [0.3, 0.4) is 0 Å². The number of nitrogens with one attached hydrogen (secondary N) is 1. The van der Waals surface area contributed by atoms with Crippen LogP contribution in [0.2, 0.25) is 0 Å². The number of carbonyl (C=O) groups excluding carboxylic acids is 1. The van der Waals surface area contributed by atoms with Gasteiger partial charge in [0.05, 0.1) is 24.5 Å². The van der Waals surface area contributed by atoms with Crippen molar-refractivity contribution in [3.8, 4) is 0 Å². The molecule has 0 aliphatic heterocycles. The van der Waals surface area contributed by atoms with E-state index in [0.29, 0.717) is 22.6 Å². The first-order valence-electron chi connectivity index (χ1n) is 7.47. The lowest BCUT2D eigenvalue weighted by Crippen LogP contribution is -2.28. The number of rotatable bonds is 5. The monoisotopic (exact) mass is 371 g/mol. The van der Waals surface area contributed by atoms with E-state index in [-0.39, 0.29) is 18.0 Å². The fourth-order valence-electron chi connectivity index (χ4n) is 2.46. The molecule has 126 valence electrons. The summed E-state index contributed by atoms with van der Waals surface area (Å²) in [4.78, 5) is 30.7. The minimum Gasteiger partial charge on any atom is -0.309 e. The first-order chi connectivity index (χ1) is 12.2. The molecule has 0 saturated heterocycles. The topological polar surface area (TPSA) is 81.8 Å². The Morgan fingerprint density at radius 1 is 1.20 bits per heavy atom. The molecule has 1 N–H and O–H groups in total. The van der Waals surface area contributed by atoms with Crippen LogP contribution in [0, 0.1) is 0 Å². The number of hydrogen-bond acceptors (Lipinski definition) is 6. The minimum absolute atomic E-state index is 0.0954. The maximum Gasteiger partial charge on any atom is 0.262 e. The zero-order valence-electron chi connectivity index (χ0n) is 13.0. The molecule has 0 aliphatic carbocycles. The average Bonchev–Trinajstić information content (AvgIpc) is 3.33. The second-order valence-corrected chi connectivity index (χ2v) is 7.25. The molecule has 9 heteroatoms. The van der Waals surface area contributed by atoms with Crippen molar-refractivity contribution in [2.45, 2.75) is 13.1 Å². The predicted octanol–water partition coefficient (Wildman–Crippen LogP) is 2.40. The standard InChI is InChI=1S/C16H13N5O2S2/c22-14(9-20-10-17-15-12(16(20)23)4-7-25-15)19-13-3-5-18-21(13)8-11-2-1-6-24-11/h1-7,10H,8-9H2,(H,19,22). The summed E-state index contributed by atoms with van der Waals surface area (Å²) in [6.07, 6.45) is 3.04. The number of thiophene rings is 2. The van der Waals surface area contributed by atoms with Gasteiger partial charge < -0.3 is 5.32 Å². The zero-order chi connectivity index (χ0) is 17.2. The third kappa shape index (κ3) is 3.24. The third-order valence-corrected chi connectivity index (χ3v) is 5.32. The van der Waals surface area contributed by atoms with Gasteiger partial charge in [-0.2, -0.15) is 5.10 Å². The SMILES string of the molecule is O=C(Cn1cnc2sccc2c1=O)Nc1ccnn1Cc1cccs1. The van der Waals surface area contributed by atoms with E-state index in [9.17, 15) is 9.59 Å². The van der Waals surface area contributed by atoms with Gasteiger partial charge in [0.15, 0.2) is 0 Å². The lowest BCUT2D eigenvalue weighted by Gasteiger charge is -2.09. The highest BCUT2D eigenvalue weighted by atomic mass is 32.1. The van der Waals surface area contributed by atoms with E-state index in [1.54, 1.807) is 34.3 Å². The van der Waals surface area contributed by atoms with Crippen LogP contribution < -0.4 is 10.9 Å². The second kappa shape index (κ2) is 6.61. The highest BCUT2D eigenvalue weighted by Gasteiger charge is 2.11. The molecular weight excluding hydrogens is 358 g/mol. The van der Waals surface area contributed by atoms with Crippen LogP contribution in [-0.2, 0) is 17.9 Å². The van der Waals surface area contributed by atoms with Crippen LogP contribution in [0.4, 0.5) is 5.82 Å². The molecule has 4 aromatic rings. The summed E-state index contributed by atoms with van der Waals surface area (Å²) in [6, 6.07) is 7.44. The van der Waals surface area contributed by atoms with E-state index in [0.717, 1.165) is 4.88 Å². The van der Waals surface area contributed by atoms with Gasteiger partial charge in [-0.1, -0.05) is 6.07 Å². The van der Waals surface area contributed by atoms with E-state index >= 15 is 0 Å². The molecule has 0 spiro atoms. The second-order valence-electron chi connectivity index (χ2n) is 5.32. The van der Waals surface area contributed by atoms with Gasteiger partial charge >= 0.3 is 0 Å². The molecule has 4 aromatic heterocycles. The van der Waals surface area contributed by atoms with Crippen LogP contribution in [0.5, 0.6) is 0 Å². The number of amides is 1. The van der Waals surface area contributed by atoms with E-state index < -0.39 is 0 Å². The molecule has 25 heavy (non-hydrogen) atoms. The number of hydrogen-bond donors (Lipinski definition) is 1. The first kappa shape index (κ1) is 15.7. The molecular formula is C16H13N5O2S2. The first-order valence-corrected chi connectivity index (χ1v) is 9.23. The van der Waals surface area contributed by atoms with E-state index in [1.807, 2.05) is 22.9 Å². The Labute approximate surface area is 150 Å². The number of nitrogens with zero attached hydrogens (tertiary/aromatic N) is 4. The number of fused-ring (bicyclic) bond motifs is 1. The molecule has 0 aliphatic rings. The van der Waals surface area contributed by atoms with Crippen molar-refractivity contribution in [3.63, 3.8) is 0 Å². The van der Waals surface area contributed by atoms with Gasteiger partial charge in [-0.25, -0.2) is 9.67 Å². The van der Waals surface area contributed by atoms with Gasteiger partial charge in [0.25, 0.3) is 5.56 Å². The lowest BCUT2D eigenvalue weighted by atomic mass is 10.4. The molecule has 4 rings (SSSR count). The molecule has 0 bridgehead atoms. The van der Waals surface area contributed by atoms with Gasteiger partial charge in [0.1, 0.15) is 17.2 Å². The van der Waals surface area contributed by atoms with Crippen molar-refractivity contribution < 1.29 is 4.79 Å². The van der Waals surface area contributed by atoms with Crippen LogP contribution in [-0.4, -0.2) is 25.2 Å². The molecule has 0 atom stereocenters. The zero-order valence-corrected chi connectivity index (χ0v) is 14.6. The quantitative estimate of drug-likeness (QED) is 0.584. The van der Waals surface area contributed by atoms with Crippen molar-refractivity contribution >= 4 is 44.6 Å². The van der Waals surface area contributed by atoms with Crippen molar-refractivity contribution in [3.05, 3.63) is 62.8 Å². The largest absolute Gasteiger partial charge is 0.309 e. The lowest BCUT2D eigenvalue weighted by molar-refractivity contribution is -0.116. The molecule has 0 unspecified atom stereocenters. The van der Waals surface area contributed by atoms with Gasteiger partial charge in [-0.15, -0.1) is 22.7 Å². The summed E-state index contributed by atoms with van der Waals surface area (Å²) < 4.78 is 3.02.